The molecule has 1 amide bonds. The van der Waals surface area contributed by atoms with Gasteiger partial charge in [0.1, 0.15) is 0 Å². The molecule has 34 heavy (non-hydrogen) atoms. The summed E-state index contributed by atoms with van der Waals surface area (Å²) in [6.45, 7) is 0. The molecule has 0 atom stereocenters. The van der Waals surface area contributed by atoms with Gasteiger partial charge >= 0.3 is 0 Å². The van der Waals surface area contributed by atoms with E-state index in [-0.39, 0.29) is 26.9 Å². The van der Waals surface area contributed by atoms with Crippen LogP contribution in [-0.2, 0) is 9.84 Å². The minimum atomic E-state index is -3.89. The predicted molar refractivity (Wildman–Crippen MR) is 123 cm³/mol. The monoisotopic (exact) mass is 478 g/mol. The van der Waals surface area contributed by atoms with Crippen LogP contribution in [0, 0.1) is 10.1 Å². The van der Waals surface area contributed by atoms with Crippen molar-refractivity contribution in [3.8, 4) is 11.4 Å². The van der Waals surface area contributed by atoms with Gasteiger partial charge in [-0.1, -0.05) is 18.2 Å². The van der Waals surface area contributed by atoms with Gasteiger partial charge in [-0.05, 0) is 48.5 Å². The van der Waals surface area contributed by atoms with Crippen LogP contribution in [0.3, 0.4) is 0 Å². The van der Waals surface area contributed by atoms with E-state index in [1.165, 1.54) is 48.2 Å². The van der Waals surface area contributed by atoms with Crippen LogP contribution < -0.4 is 10.1 Å². The maximum atomic E-state index is 12.8. The Labute approximate surface area is 194 Å². The largest absolute Gasteiger partial charge is 0.493 e. The van der Waals surface area contributed by atoms with Gasteiger partial charge in [0.15, 0.2) is 11.4 Å². The van der Waals surface area contributed by atoms with E-state index in [2.05, 4.69) is 10.4 Å². The number of benzene rings is 3. The Kier molecular flexibility index (Phi) is 6.11. The van der Waals surface area contributed by atoms with Crippen LogP contribution >= 0.6 is 0 Å². The molecule has 0 aliphatic carbocycles. The second-order valence-corrected chi connectivity index (χ2v) is 9.01. The van der Waals surface area contributed by atoms with Crippen molar-refractivity contribution >= 4 is 27.1 Å². The number of sulfone groups is 1. The molecule has 0 unspecified atom stereocenters. The maximum Gasteiger partial charge on any atom is 0.280 e. The lowest BCUT2D eigenvalue weighted by Gasteiger charge is -2.07. The molecular weight excluding hydrogens is 460 g/mol. The summed E-state index contributed by atoms with van der Waals surface area (Å²) in [6, 6.07) is 19.4. The van der Waals surface area contributed by atoms with E-state index >= 15 is 0 Å². The summed E-state index contributed by atoms with van der Waals surface area (Å²) in [4.78, 5) is 22.9. The van der Waals surface area contributed by atoms with E-state index in [0.29, 0.717) is 5.69 Å². The molecule has 0 aliphatic rings. The highest BCUT2D eigenvalue weighted by atomic mass is 32.2. The lowest BCUT2D eigenvalue weighted by atomic mass is 10.3. The van der Waals surface area contributed by atoms with E-state index in [4.69, 9.17) is 4.74 Å². The van der Waals surface area contributed by atoms with Crippen LogP contribution in [0.4, 0.5) is 11.4 Å². The van der Waals surface area contributed by atoms with E-state index in [1.807, 2.05) is 30.3 Å². The molecule has 1 N–H and O–H groups in total. The Morgan fingerprint density at radius 1 is 0.971 bits per heavy atom. The summed E-state index contributed by atoms with van der Waals surface area (Å²) >= 11 is 0. The second-order valence-electron chi connectivity index (χ2n) is 7.06. The van der Waals surface area contributed by atoms with Crippen molar-refractivity contribution in [3.05, 3.63) is 101 Å². The second kappa shape index (κ2) is 9.16. The van der Waals surface area contributed by atoms with Crippen LogP contribution in [0.5, 0.6) is 5.75 Å². The van der Waals surface area contributed by atoms with E-state index in [0.717, 1.165) is 17.8 Å². The molecule has 0 fully saturated rings. The smallest absolute Gasteiger partial charge is 0.280 e. The van der Waals surface area contributed by atoms with Gasteiger partial charge in [0, 0.05) is 17.8 Å². The van der Waals surface area contributed by atoms with Crippen LogP contribution in [0.2, 0.25) is 0 Å². The maximum absolute atomic E-state index is 12.8. The number of anilines is 1. The first-order valence-electron chi connectivity index (χ1n) is 9.89. The number of amides is 1. The fourth-order valence-electron chi connectivity index (χ4n) is 3.17. The molecule has 0 bridgehead atoms. The number of non-ortho nitro benzene ring substituents is 1. The number of hydrogen-bond donors (Lipinski definition) is 1. The molecule has 3 aromatic carbocycles. The number of para-hydroxylation sites is 1. The molecule has 0 spiro atoms. The van der Waals surface area contributed by atoms with Gasteiger partial charge in [0.25, 0.3) is 11.6 Å². The minimum absolute atomic E-state index is 0.0229. The lowest BCUT2D eigenvalue weighted by Crippen LogP contribution is -2.14. The summed E-state index contributed by atoms with van der Waals surface area (Å²) in [5, 5.41) is 17.8. The number of nitrogens with zero attached hydrogens (tertiary/aromatic N) is 3. The molecule has 10 nitrogen and oxygen atoms in total. The first-order chi connectivity index (χ1) is 16.3. The standard InChI is InChI=1S/C23H18N4O6S/c1-33-21-15-26(17-5-3-2-4-6-17)25-22(21)23(28)24-16-7-11-19(12-8-16)34(31,32)20-13-9-18(10-14-20)27(29)30/h2-15H,1H3,(H,24,28). The van der Waals surface area contributed by atoms with E-state index in [9.17, 15) is 23.3 Å². The summed E-state index contributed by atoms with van der Waals surface area (Å²) in [5.74, 6) is -0.253. The molecule has 0 radical (unpaired) electrons. The number of nitro benzene ring substituents is 1. The molecule has 0 aliphatic heterocycles. The number of hydrogen-bond acceptors (Lipinski definition) is 7. The average Bonchev–Trinajstić information content (AvgIpc) is 3.30. The van der Waals surface area contributed by atoms with Gasteiger partial charge in [-0.2, -0.15) is 5.10 Å². The molecule has 4 rings (SSSR count). The molecule has 11 heteroatoms. The summed E-state index contributed by atoms with van der Waals surface area (Å²) in [6.07, 6.45) is 1.59. The molecule has 4 aromatic rings. The Morgan fingerprint density at radius 3 is 2.12 bits per heavy atom. The normalized spacial score (nSPS) is 11.1. The fourth-order valence-corrected chi connectivity index (χ4v) is 4.43. The molecule has 0 saturated carbocycles. The number of methoxy groups -OCH3 is 1. The van der Waals surface area contributed by atoms with Crippen molar-refractivity contribution in [2.45, 2.75) is 9.79 Å². The predicted octanol–water partition coefficient (Wildman–Crippen LogP) is 3.87. The third-order valence-corrected chi connectivity index (χ3v) is 6.70. The van der Waals surface area contributed by atoms with Crippen molar-refractivity contribution in [1.82, 2.24) is 9.78 Å². The fraction of sp³-hybridized carbons (Fsp3) is 0.0435. The zero-order valence-electron chi connectivity index (χ0n) is 17.8. The molecular formula is C23H18N4O6S. The highest BCUT2D eigenvalue weighted by molar-refractivity contribution is 7.91. The third-order valence-electron chi connectivity index (χ3n) is 4.92. The lowest BCUT2D eigenvalue weighted by molar-refractivity contribution is -0.384. The van der Waals surface area contributed by atoms with Crippen molar-refractivity contribution in [2.75, 3.05) is 12.4 Å². The van der Waals surface area contributed by atoms with E-state index < -0.39 is 20.7 Å². The number of rotatable bonds is 7. The van der Waals surface area contributed by atoms with Crippen LogP contribution in [0.1, 0.15) is 10.5 Å². The number of nitrogens with one attached hydrogen (secondary N) is 1. The highest BCUT2D eigenvalue weighted by Crippen LogP contribution is 2.25. The Hall–Kier alpha value is -4.51. The molecule has 1 aromatic heterocycles. The Morgan fingerprint density at radius 2 is 1.56 bits per heavy atom. The van der Waals surface area contributed by atoms with Gasteiger partial charge in [-0.3, -0.25) is 14.9 Å². The van der Waals surface area contributed by atoms with Crippen molar-refractivity contribution < 1.29 is 22.9 Å². The van der Waals surface area contributed by atoms with Crippen molar-refractivity contribution in [1.29, 1.82) is 0 Å². The topological polar surface area (TPSA) is 133 Å². The van der Waals surface area contributed by atoms with Crippen LogP contribution in [0.25, 0.3) is 5.69 Å². The van der Waals surface area contributed by atoms with Gasteiger partial charge < -0.3 is 10.1 Å². The Balaban J connectivity index is 1.53. The average molecular weight is 478 g/mol. The van der Waals surface area contributed by atoms with Gasteiger partial charge in [0.05, 0.1) is 33.7 Å². The number of ether oxygens (including phenoxy) is 1. The molecule has 0 saturated heterocycles. The van der Waals surface area contributed by atoms with Gasteiger partial charge in [-0.15, -0.1) is 0 Å². The SMILES string of the molecule is COc1cn(-c2ccccc2)nc1C(=O)Nc1ccc(S(=O)(=O)c2ccc([N+](=O)[O-])cc2)cc1. The van der Waals surface area contributed by atoms with Gasteiger partial charge in [-0.25, -0.2) is 13.1 Å². The molecule has 172 valence electrons. The summed E-state index contributed by atoms with van der Waals surface area (Å²) < 4.78 is 32.4. The van der Waals surface area contributed by atoms with Crippen molar-refractivity contribution in [2.24, 2.45) is 0 Å². The van der Waals surface area contributed by atoms with Crippen LogP contribution in [0.15, 0.2) is 94.9 Å². The quantitative estimate of drug-likeness (QED) is 0.315. The van der Waals surface area contributed by atoms with Crippen molar-refractivity contribution in [3.63, 3.8) is 0 Å². The minimum Gasteiger partial charge on any atom is -0.493 e. The Bertz CT molecular complexity index is 1450. The van der Waals surface area contributed by atoms with E-state index in [1.54, 1.807) is 6.20 Å². The number of aromatic nitrogens is 2. The highest BCUT2D eigenvalue weighted by Gasteiger charge is 2.21. The number of carbonyl (C=O) groups excluding carboxylic acids is 1. The zero-order chi connectivity index (χ0) is 24.3. The first-order valence-corrected chi connectivity index (χ1v) is 11.4. The van der Waals surface area contributed by atoms with Gasteiger partial charge in [0.2, 0.25) is 9.84 Å². The first kappa shape index (κ1) is 22.7. The summed E-state index contributed by atoms with van der Waals surface area (Å²) in [7, 11) is -2.46. The zero-order valence-corrected chi connectivity index (χ0v) is 18.6. The summed E-state index contributed by atoms with van der Waals surface area (Å²) in [5.41, 5.74) is 0.959. The number of nitro groups is 1. The van der Waals surface area contributed by atoms with Crippen LogP contribution in [-0.4, -0.2) is 36.1 Å². The number of carbonyl (C=O) groups is 1. The molecule has 1 heterocycles. The third kappa shape index (κ3) is 4.50.